The number of benzene rings is 4. The lowest BCUT2D eigenvalue weighted by atomic mass is 10.0. The van der Waals surface area contributed by atoms with Crippen molar-refractivity contribution >= 4 is 50.7 Å². The van der Waals surface area contributed by atoms with Crippen LogP contribution in [-0.2, 0) is 32.6 Å². The molecule has 0 bridgehead atoms. The van der Waals surface area contributed by atoms with E-state index >= 15 is 0 Å². The summed E-state index contributed by atoms with van der Waals surface area (Å²) in [7, 11) is -4.28. The van der Waals surface area contributed by atoms with E-state index in [4.69, 9.17) is 23.2 Å². The summed E-state index contributed by atoms with van der Waals surface area (Å²) in [6, 6.07) is 28.4. The third kappa shape index (κ3) is 8.40. The molecule has 7 nitrogen and oxygen atoms in total. The van der Waals surface area contributed by atoms with Crippen molar-refractivity contribution in [3.63, 3.8) is 0 Å². The van der Waals surface area contributed by atoms with E-state index in [0.717, 1.165) is 21.0 Å². The van der Waals surface area contributed by atoms with Gasteiger partial charge >= 0.3 is 0 Å². The quantitative estimate of drug-likeness (QED) is 0.175. The maximum Gasteiger partial charge on any atom is 0.264 e. The van der Waals surface area contributed by atoms with Gasteiger partial charge in [0.15, 0.2) is 0 Å². The zero-order valence-electron chi connectivity index (χ0n) is 24.6. The second-order valence-electron chi connectivity index (χ2n) is 10.4. The van der Waals surface area contributed by atoms with E-state index in [1.165, 1.54) is 29.2 Å². The number of nitrogens with one attached hydrogen (secondary N) is 1. The van der Waals surface area contributed by atoms with E-state index in [-0.39, 0.29) is 39.5 Å². The molecule has 0 aliphatic carbocycles. The molecule has 230 valence electrons. The van der Waals surface area contributed by atoms with Gasteiger partial charge < -0.3 is 10.2 Å². The van der Waals surface area contributed by atoms with E-state index < -0.39 is 28.5 Å². The average molecular weight is 653 g/mol. The molecule has 4 aromatic rings. The Bertz CT molecular complexity index is 1670. The Morgan fingerprint density at radius 3 is 2.11 bits per heavy atom. The van der Waals surface area contributed by atoms with E-state index in [1.807, 2.05) is 68.4 Å². The van der Waals surface area contributed by atoms with Crippen LogP contribution in [0.4, 0.5) is 5.69 Å². The van der Waals surface area contributed by atoms with Crippen molar-refractivity contribution in [2.24, 2.45) is 0 Å². The molecule has 0 spiro atoms. The molecule has 0 unspecified atom stereocenters. The number of aryl methyl sites for hydroxylation is 1. The molecule has 0 aliphatic rings. The second-order valence-corrected chi connectivity index (χ2v) is 13.1. The van der Waals surface area contributed by atoms with Gasteiger partial charge in [-0.3, -0.25) is 13.9 Å². The van der Waals surface area contributed by atoms with Crippen LogP contribution in [0.15, 0.2) is 108 Å². The van der Waals surface area contributed by atoms with Gasteiger partial charge in [-0.25, -0.2) is 8.42 Å². The zero-order valence-corrected chi connectivity index (χ0v) is 26.9. The Balaban J connectivity index is 1.81. The van der Waals surface area contributed by atoms with Gasteiger partial charge in [-0.05, 0) is 54.8 Å². The topological polar surface area (TPSA) is 86.8 Å². The van der Waals surface area contributed by atoms with Gasteiger partial charge in [0, 0.05) is 24.5 Å². The first-order valence-electron chi connectivity index (χ1n) is 14.3. The molecule has 1 atom stereocenters. The lowest BCUT2D eigenvalue weighted by Gasteiger charge is -2.34. The Labute approximate surface area is 269 Å². The van der Waals surface area contributed by atoms with E-state index in [9.17, 15) is 18.0 Å². The number of amides is 2. The third-order valence-corrected chi connectivity index (χ3v) is 9.41. The summed E-state index contributed by atoms with van der Waals surface area (Å²) < 4.78 is 29.1. The smallest absolute Gasteiger partial charge is 0.264 e. The van der Waals surface area contributed by atoms with Gasteiger partial charge in [-0.2, -0.15) is 0 Å². The van der Waals surface area contributed by atoms with Crippen LogP contribution in [-0.4, -0.2) is 44.3 Å². The summed E-state index contributed by atoms with van der Waals surface area (Å²) in [5.74, 6) is -0.900. The number of carbonyl (C=O) groups is 2. The van der Waals surface area contributed by atoms with E-state index in [2.05, 4.69) is 5.32 Å². The number of halogens is 2. The molecule has 0 saturated carbocycles. The molecular formula is C34H35Cl2N3O4S. The number of anilines is 1. The fraction of sp³-hybridized carbons (Fsp3) is 0.235. The molecule has 0 fully saturated rings. The van der Waals surface area contributed by atoms with Gasteiger partial charge in [0.1, 0.15) is 12.6 Å². The average Bonchev–Trinajstić information content (AvgIpc) is 3.03. The minimum Gasteiger partial charge on any atom is -0.354 e. The number of hydrogen-bond acceptors (Lipinski definition) is 4. The van der Waals surface area contributed by atoms with Crippen molar-refractivity contribution in [2.75, 3.05) is 17.4 Å². The summed E-state index contributed by atoms with van der Waals surface area (Å²) >= 11 is 12.8. The lowest BCUT2D eigenvalue weighted by molar-refractivity contribution is -0.140. The van der Waals surface area contributed by atoms with E-state index in [1.54, 1.807) is 24.3 Å². The van der Waals surface area contributed by atoms with Gasteiger partial charge in [-0.15, -0.1) is 0 Å². The molecule has 0 aliphatic heterocycles. The first-order chi connectivity index (χ1) is 21.1. The summed E-state index contributed by atoms with van der Waals surface area (Å²) in [6.07, 6.45) is 0.948. The minimum atomic E-state index is -4.28. The monoisotopic (exact) mass is 651 g/mol. The van der Waals surface area contributed by atoms with Crippen molar-refractivity contribution in [2.45, 2.75) is 44.2 Å². The zero-order chi connectivity index (χ0) is 31.7. The Kier molecular flexibility index (Phi) is 11.4. The largest absolute Gasteiger partial charge is 0.354 e. The number of rotatable bonds is 13. The minimum absolute atomic E-state index is 0.0181. The van der Waals surface area contributed by atoms with Crippen LogP contribution in [0.2, 0.25) is 10.0 Å². The summed E-state index contributed by atoms with van der Waals surface area (Å²) in [4.78, 5) is 29.6. The van der Waals surface area contributed by atoms with E-state index in [0.29, 0.717) is 13.0 Å². The van der Waals surface area contributed by atoms with Crippen LogP contribution in [0.5, 0.6) is 0 Å². The predicted molar refractivity (Wildman–Crippen MR) is 176 cm³/mol. The van der Waals surface area contributed by atoms with Gasteiger partial charge in [0.25, 0.3) is 10.0 Å². The molecule has 0 heterocycles. The molecule has 0 radical (unpaired) electrons. The van der Waals surface area contributed by atoms with Crippen LogP contribution in [0, 0.1) is 6.92 Å². The number of nitrogens with zero attached hydrogens (tertiary/aromatic N) is 2. The standard InChI is InChI=1S/C34H35Cl2N3O4S/c1-3-20-37-34(41)32(21-26-10-6-4-7-11-26)38(23-27-16-14-25(2)15-17-27)33(40)24-39(31-22-28(35)18-19-30(31)36)44(42,43)29-12-8-5-9-13-29/h4-19,22,32H,3,20-21,23-24H2,1-2H3,(H,37,41)/t32-/m0/s1. The van der Waals surface area contributed by atoms with Crippen LogP contribution >= 0.6 is 23.2 Å². The normalized spacial score (nSPS) is 11.9. The van der Waals surface area contributed by atoms with Crippen molar-refractivity contribution in [3.05, 3.63) is 130 Å². The highest BCUT2D eigenvalue weighted by atomic mass is 35.5. The van der Waals surface area contributed by atoms with Crippen LogP contribution in [0.1, 0.15) is 30.0 Å². The van der Waals surface area contributed by atoms with Crippen molar-refractivity contribution < 1.29 is 18.0 Å². The molecule has 1 N–H and O–H groups in total. The molecular weight excluding hydrogens is 617 g/mol. The summed E-state index contributed by atoms with van der Waals surface area (Å²) in [5.41, 5.74) is 2.76. The Morgan fingerprint density at radius 1 is 0.841 bits per heavy atom. The van der Waals surface area contributed by atoms with Crippen LogP contribution in [0.3, 0.4) is 0 Å². The van der Waals surface area contributed by atoms with Gasteiger partial charge in [-0.1, -0.05) is 108 Å². The molecule has 0 saturated heterocycles. The highest BCUT2D eigenvalue weighted by Crippen LogP contribution is 2.33. The van der Waals surface area contributed by atoms with Crippen LogP contribution in [0.25, 0.3) is 0 Å². The molecule has 4 rings (SSSR count). The Hall–Kier alpha value is -3.85. The molecule has 4 aromatic carbocycles. The highest BCUT2D eigenvalue weighted by Gasteiger charge is 2.35. The van der Waals surface area contributed by atoms with Crippen molar-refractivity contribution in [1.82, 2.24) is 10.2 Å². The predicted octanol–water partition coefficient (Wildman–Crippen LogP) is 6.66. The van der Waals surface area contributed by atoms with Gasteiger partial charge in [0.2, 0.25) is 11.8 Å². The van der Waals surface area contributed by atoms with Gasteiger partial charge in [0.05, 0.1) is 15.6 Å². The molecule has 10 heteroatoms. The lowest BCUT2D eigenvalue weighted by Crippen LogP contribution is -2.53. The highest BCUT2D eigenvalue weighted by molar-refractivity contribution is 7.92. The van der Waals surface area contributed by atoms with Crippen molar-refractivity contribution in [1.29, 1.82) is 0 Å². The molecule has 44 heavy (non-hydrogen) atoms. The fourth-order valence-electron chi connectivity index (χ4n) is 4.72. The maximum atomic E-state index is 14.4. The fourth-order valence-corrected chi connectivity index (χ4v) is 6.60. The Morgan fingerprint density at radius 2 is 1.48 bits per heavy atom. The van der Waals surface area contributed by atoms with Crippen LogP contribution < -0.4 is 9.62 Å². The summed E-state index contributed by atoms with van der Waals surface area (Å²) in [5, 5.41) is 3.29. The number of carbonyl (C=O) groups excluding carboxylic acids is 2. The molecule has 2 amide bonds. The first kappa shape index (κ1) is 33.1. The first-order valence-corrected chi connectivity index (χ1v) is 16.5. The summed E-state index contributed by atoms with van der Waals surface area (Å²) in [6.45, 7) is 3.81. The third-order valence-electron chi connectivity index (χ3n) is 7.08. The molecule has 0 aromatic heterocycles. The SMILES string of the molecule is CCCNC(=O)[C@H](Cc1ccccc1)N(Cc1ccc(C)cc1)C(=O)CN(c1cc(Cl)ccc1Cl)S(=O)(=O)c1ccccc1. The van der Waals surface area contributed by atoms with Crippen molar-refractivity contribution in [3.8, 4) is 0 Å². The number of hydrogen-bond donors (Lipinski definition) is 1. The number of sulfonamides is 1. The second kappa shape index (κ2) is 15.2. The maximum absolute atomic E-state index is 14.4.